The number of hydrogen-bond donors (Lipinski definition) is 2. The Morgan fingerprint density at radius 1 is 1.09 bits per heavy atom. The van der Waals surface area contributed by atoms with E-state index in [2.05, 4.69) is 0 Å². The van der Waals surface area contributed by atoms with Crippen LogP contribution in [0.15, 0.2) is 18.2 Å². The van der Waals surface area contributed by atoms with E-state index >= 15 is 0 Å². The molecule has 1 rings (SSSR count). The maximum Gasteiger partial charge on any atom is 0.494 e. The molecule has 5 heteroatoms. The molecule has 0 aliphatic rings. The SMILES string of the molecule is OB(O)[13c]1[13c](F)[13cH][13cH][13cH][13c]1F. The first-order chi connectivity index (χ1) is 5.13. The van der Waals surface area contributed by atoms with Gasteiger partial charge in [0.15, 0.2) is 0 Å². The normalized spacial score (nSPS) is 9.82. The highest BCUT2D eigenvalue weighted by molar-refractivity contribution is 6.58. The second-order valence-corrected chi connectivity index (χ2v) is 2.01. The molecule has 0 heterocycles. The van der Waals surface area contributed by atoms with Crippen LogP contribution in [-0.4, -0.2) is 17.2 Å². The minimum absolute atomic E-state index is 0.715. The molecule has 1 aromatic rings. The lowest BCUT2D eigenvalue weighted by Crippen LogP contribution is -2.35. The lowest BCUT2D eigenvalue weighted by molar-refractivity contribution is 0.419. The quantitative estimate of drug-likeness (QED) is 0.556. The van der Waals surface area contributed by atoms with Gasteiger partial charge in [-0.2, -0.15) is 0 Å². The lowest BCUT2D eigenvalue weighted by atomic mass is 10.1. The molecule has 58 valence electrons. The van der Waals surface area contributed by atoms with Gasteiger partial charge in [0.1, 0.15) is 11.6 Å². The number of halogens is 2. The predicted octanol–water partition coefficient (Wildman–Crippen LogP) is -0.355. The van der Waals surface area contributed by atoms with E-state index in [1.165, 1.54) is 0 Å². The Hall–Kier alpha value is -0.935. The first-order valence-electron chi connectivity index (χ1n) is 2.93. The van der Waals surface area contributed by atoms with Gasteiger partial charge in [-0.15, -0.1) is 0 Å². The molecular formula is C6H5BF2O2. The van der Waals surface area contributed by atoms with E-state index in [9.17, 15) is 8.78 Å². The minimum atomic E-state index is -2.10. The highest BCUT2D eigenvalue weighted by Crippen LogP contribution is 1.98. The van der Waals surface area contributed by atoms with Crippen molar-refractivity contribution in [1.82, 2.24) is 0 Å². The zero-order valence-electron chi connectivity index (χ0n) is 5.46. The molecule has 0 aliphatic heterocycles. The molecular weight excluding hydrogens is 159 g/mol. The third-order valence-electron chi connectivity index (χ3n) is 1.26. The van der Waals surface area contributed by atoms with Crippen LogP contribution in [0.5, 0.6) is 0 Å². The van der Waals surface area contributed by atoms with E-state index in [1.807, 2.05) is 0 Å². The number of rotatable bonds is 1. The van der Waals surface area contributed by atoms with Gasteiger partial charge in [0.2, 0.25) is 0 Å². The molecule has 0 bridgehead atoms. The summed E-state index contributed by atoms with van der Waals surface area (Å²) in [5.41, 5.74) is -0.715. The molecule has 2 nitrogen and oxygen atoms in total. The fraction of sp³-hybridized carbons (Fsp3) is 0. The van der Waals surface area contributed by atoms with Crippen LogP contribution in [0.25, 0.3) is 0 Å². The summed E-state index contributed by atoms with van der Waals surface area (Å²) in [5, 5.41) is 16.9. The Morgan fingerprint density at radius 2 is 1.55 bits per heavy atom. The Balaban J connectivity index is 3.21. The van der Waals surface area contributed by atoms with E-state index in [0.717, 1.165) is 18.2 Å². The molecule has 0 aromatic heterocycles. The summed E-state index contributed by atoms with van der Waals surface area (Å²) in [6.45, 7) is 0. The second-order valence-electron chi connectivity index (χ2n) is 2.01. The summed E-state index contributed by atoms with van der Waals surface area (Å²) >= 11 is 0. The summed E-state index contributed by atoms with van der Waals surface area (Å²) < 4.78 is 25.1. The topological polar surface area (TPSA) is 40.5 Å². The van der Waals surface area contributed by atoms with E-state index in [1.54, 1.807) is 0 Å². The average molecular weight is 164 g/mol. The molecule has 0 atom stereocenters. The van der Waals surface area contributed by atoms with Crippen LogP contribution in [0.3, 0.4) is 0 Å². The van der Waals surface area contributed by atoms with E-state index in [0.29, 0.717) is 0 Å². The summed E-state index contributed by atoms with van der Waals surface area (Å²) in [6, 6.07) is 3.06. The van der Waals surface area contributed by atoms with Crippen molar-refractivity contribution < 1.29 is 18.8 Å². The van der Waals surface area contributed by atoms with Gasteiger partial charge in [0, 0.05) is 0 Å². The van der Waals surface area contributed by atoms with Crippen LogP contribution >= 0.6 is 0 Å². The standard InChI is InChI=1S/C6H5BF2O2/c8-4-2-1-3-5(9)6(4)7(10)11/h1-3,10-11H/i1+1,2+1,3+1,4+1,5+1,6+1. The van der Waals surface area contributed by atoms with Crippen molar-refractivity contribution >= 4 is 12.6 Å². The van der Waals surface area contributed by atoms with E-state index < -0.39 is 24.2 Å². The highest BCUT2D eigenvalue weighted by Gasteiger charge is 2.20. The molecule has 0 amide bonds. The fourth-order valence-electron chi connectivity index (χ4n) is 0.757. The van der Waals surface area contributed by atoms with E-state index in [4.69, 9.17) is 10.0 Å². The highest BCUT2D eigenvalue weighted by atomic mass is 19.2. The molecule has 0 fully saturated rings. The summed E-state index contributed by atoms with van der Waals surface area (Å²) in [6.07, 6.45) is 0. The Kier molecular flexibility index (Phi) is 2.21. The lowest BCUT2D eigenvalue weighted by Gasteiger charge is -2.01. The van der Waals surface area contributed by atoms with Gasteiger partial charge in [-0.3, -0.25) is 0 Å². The number of hydrogen-bond acceptors (Lipinski definition) is 2. The Bertz CT molecular complexity index is 245. The Morgan fingerprint density at radius 3 is 1.82 bits per heavy atom. The van der Waals surface area contributed by atoms with Crippen LogP contribution in [0.2, 0.25) is 0 Å². The monoisotopic (exact) mass is 164 g/mol. The summed E-state index contributed by atoms with van der Waals surface area (Å²) in [7, 11) is -2.10. The van der Waals surface area contributed by atoms with Crippen LogP contribution in [0, 0.1) is 11.6 Å². The molecule has 0 radical (unpaired) electrons. The van der Waals surface area contributed by atoms with E-state index in [-0.39, 0.29) is 0 Å². The van der Waals surface area contributed by atoms with Crippen LogP contribution in [-0.2, 0) is 0 Å². The van der Waals surface area contributed by atoms with Crippen molar-refractivity contribution in [2.45, 2.75) is 0 Å². The molecule has 0 saturated carbocycles. The van der Waals surface area contributed by atoms with Crippen LogP contribution in [0.1, 0.15) is 0 Å². The second kappa shape index (κ2) is 2.98. The van der Waals surface area contributed by atoms with Crippen molar-refractivity contribution in [3.63, 3.8) is 0 Å². The van der Waals surface area contributed by atoms with Crippen molar-refractivity contribution in [2.75, 3.05) is 0 Å². The fourth-order valence-corrected chi connectivity index (χ4v) is 0.757. The molecule has 0 spiro atoms. The minimum Gasteiger partial charge on any atom is -0.423 e. The van der Waals surface area contributed by atoms with Gasteiger partial charge in [0.25, 0.3) is 0 Å². The maximum atomic E-state index is 12.5. The van der Waals surface area contributed by atoms with Crippen molar-refractivity contribution in [2.24, 2.45) is 0 Å². The van der Waals surface area contributed by atoms with Crippen molar-refractivity contribution in [3.8, 4) is 0 Å². The van der Waals surface area contributed by atoms with Crippen LogP contribution in [0.4, 0.5) is 8.78 Å². The molecule has 0 unspecified atom stereocenters. The van der Waals surface area contributed by atoms with Gasteiger partial charge in [-0.1, -0.05) is 6.07 Å². The molecule has 1 aromatic carbocycles. The number of benzene rings is 1. The summed E-state index contributed by atoms with van der Waals surface area (Å²) in [5.74, 6) is -1.92. The zero-order valence-corrected chi connectivity index (χ0v) is 5.46. The first-order valence-corrected chi connectivity index (χ1v) is 2.93. The molecule has 0 saturated heterocycles. The predicted molar refractivity (Wildman–Crippen MR) is 36.2 cm³/mol. The van der Waals surface area contributed by atoms with Crippen LogP contribution < -0.4 is 5.46 Å². The molecule has 11 heavy (non-hydrogen) atoms. The average Bonchev–Trinajstić information content (AvgIpc) is 1.85. The van der Waals surface area contributed by atoms with Gasteiger partial charge in [-0.25, -0.2) is 8.78 Å². The zero-order chi connectivity index (χ0) is 8.43. The molecule has 2 N–H and O–H groups in total. The van der Waals surface area contributed by atoms with Crippen molar-refractivity contribution in [1.29, 1.82) is 0 Å². The van der Waals surface area contributed by atoms with Gasteiger partial charge < -0.3 is 10.0 Å². The van der Waals surface area contributed by atoms with Gasteiger partial charge in [0.05, 0.1) is 5.46 Å². The summed E-state index contributed by atoms with van der Waals surface area (Å²) in [4.78, 5) is 0. The smallest absolute Gasteiger partial charge is 0.423 e. The third-order valence-corrected chi connectivity index (χ3v) is 1.26. The van der Waals surface area contributed by atoms with Crippen molar-refractivity contribution in [3.05, 3.63) is 29.8 Å². The maximum absolute atomic E-state index is 12.5. The Labute approximate surface area is 62.2 Å². The third kappa shape index (κ3) is 1.55. The van der Waals surface area contributed by atoms with Gasteiger partial charge in [-0.05, 0) is 12.1 Å². The van der Waals surface area contributed by atoms with Gasteiger partial charge >= 0.3 is 7.12 Å². The largest absolute Gasteiger partial charge is 0.494 e. The molecule has 0 aliphatic carbocycles. The first kappa shape index (κ1) is 8.16.